The smallest absolute Gasteiger partial charge is 0.147 e. The molecule has 0 atom stereocenters. The van der Waals surface area contributed by atoms with Crippen LogP contribution in [0.25, 0.3) is 54.6 Å². The Hall–Kier alpha value is -6.58. The number of hydrogen-bond donors (Lipinski definition) is 1. The molecule has 11 rings (SSSR count). The minimum Gasteiger partial charge on any atom is -0.505 e. The molecule has 2 saturated carbocycles. The molecule has 0 radical (unpaired) electrons. The third-order valence-corrected chi connectivity index (χ3v) is 14.9. The van der Waals surface area contributed by atoms with Gasteiger partial charge in [0, 0.05) is 40.4 Å². The molecule has 0 unspecified atom stereocenters. The molecule has 2 aliphatic rings. The van der Waals surface area contributed by atoms with Gasteiger partial charge in [0.2, 0.25) is 0 Å². The monoisotopic (exact) mass is 834 g/mol. The summed E-state index contributed by atoms with van der Waals surface area (Å²) in [6.45, 7) is 4.36. The number of hydrogen-bond acceptors (Lipinski definition) is 3. The fourth-order valence-corrected chi connectivity index (χ4v) is 11.6. The maximum atomic E-state index is 12.8. The first kappa shape index (κ1) is 40.2. The third kappa shape index (κ3) is 7.06. The van der Waals surface area contributed by atoms with Crippen molar-refractivity contribution in [2.24, 2.45) is 0 Å². The topological polar surface area (TPSA) is 26.7 Å². The number of aryl methyl sites for hydroxylation is 2. The van der Waals surface area contributed by atoms with Gasteiger partial charge in [-0.3, -0.25) is 0 Å². The summed E-state index contributed by atoms with van der Waals surface area (Å²) >= 11 is 0. The summed E-state index contributed by atoms with van der Waals surface area (Å²) in [6.07, 6.45) is 12.6. The predicted molar refractivity (Wildman–Crippen MR) is 273 cm³/mol. The number of aromatic hydroxyl groups is 1. The number of phenolic OH excluding ortho intramolecular Hbond substituents is 1. The molecule has 9 aromatic carbocycles. The van der Waals surface area contributed by atoms with Crippen molar-refractivity contribution in [3.8, 4) is 28.0 Å². The molecular formula is C61H58N2O. The van der Waals surface area contributed by atoms with E-state index in [1.54, 1.807) is 0 Å². The first-order valence-corrected chi connectivity index (χ1v) is 23.9. The van der Waals surface area contributed by atoms with E-state index in [0.717, 1.165) is 33.8 Å². The lowest BCUT2D eigenvalue weighted by molar-refractivity contribution is 0.445. The Morgan fingerprint density at radius 1 is 0.438 bits per heavy atom. The van der Waals surface area contributed by atoms with Gasteiger partial charge in [-0.05, 0) is 160 Å². The fourth-order valence-electron chi connectivity index (χ4n) is 11.6. The van der Waals surface area contributed by atoms with E-state index >= 15 is 0 Å². The van der Waals surface area contributed by atoms with Crippen LogP contribution in [0, 0.1) is 13.8 Å². The van der Waals surface area contributed by atoms with Crippen molar-refractivity contribution >= 4 is 60.8 Å². The van der Waals surface area contributed by atoms with Crippen molar-refractivity contribution < 1.29 is 5.11 Å². The molecule has 2 aliphatic carbocycles. The summed E-state index contributed by atoms with van der Waals surface area (Å²) in [5.74, 6) is 1.27. The number of benzene rings is 9. The molecule has 318 valence electrons. The van der Waals surface area contributed by atoms with E-state index in [2.05, 4.69) is 188 Å². The van der Waals surface area contributed by atoms with Gasteiger partial charge in [0.15, 0.2) is 0 Å². The van der Waals surface area contributed by atoms with Crippen molar-refractivity contribution in [1.29, 1.82) is 0 Å². The Morgan fingerprint density at radius 3 is 1.62 bits per heavy atom. The first-order valence-electron chi connectivity index (χ1n) is 23.9. The molecule has 0 aromatic heterocycles. The highest BCUT2D eigenvalue weighted by atomic mass is 16.3. The van der Waals surface area contributed by atoms with Crippen LogP contribution < -0.4 is 9.80 Å². The van der Waals surface area contributed by atoms with Gasteiger partial charge in [-0.15, -0.1) is 0 Å². The maximum absolute atomic E-state index is 12.8. The Kier molecular flexibility index (Phi) is 10.6. The molecule has 0 amide bonds. The number of anilines is 5. The average Bonchev–Trinajstić information content (AvgIpc) is 3.34. The normalized spacial score (nSPS) is 15.0. The summed E-state index contributed by atoms with van der Waals surface area (Å²) in [6, 6.07) is 57.9. The van der Waals surface area contributed by atoms with E-state index in [9.17, 15) is 5.11 Å². The predicted octanol–water partition coefficient (Wildman–Crippen LogP) is 17.6. The molecule has 0 spiro atoms. The second kappa shape index (κ2) is 16.8. The number of nitrogens with zero attached hydrogens (tertiary/aromatic N) is 2. The second-order valence-electron chi connectivity index (χ2n) is 18.8. The lowest BCUT2D eigenvalue weighted by atomic mass is 9.77. The van der Waals surface area contributed by atoms with Crippen LogP contribution in [0.1, 0.15) is 98.3 Å². The van der Waals surface area contributed by atoms with Crippen LogP contribution >= 0.6 is 0 Å². The van der Waals surface area contributed by atoms with Crippen LogP contribution in [0.5, 0.6) is 5.75 Å². The summed E-state index contributed by atoms with van der Waals surface area (Å²) < 4.78 is 0. The first-order chi connectivity index (χ1) is 31.4. The molecule has 3 heteroatoms. The van der Waals surface area contributed by atoms with E-state index in [4.69, 9.17) is 0 Å². The fraction of sp³-hybridized carbons (Fsp3) is 0.246. The van der Waals surface area contributed by atoms with Crippen LogP contribution in [0.2, 0.25) is 0 Å². The van der Waals surface area contributed by atoms with E-state index in [0.29, 0.717) is 11.8 Å². The molecule has 1 N–H and O–H groups in total. The molecule has 0 bridgehead atoms. The van der Waals surface area contributed by atoms with E-state index in [1.807, 2.05) is 0 Å². The van der Waals surface area contributed by atoms with E-state index < -0.39 is 0 Å². The van der Waals surface area contributed by atoms with Gasteiger partial charge in [0.1, 0.15) is 5.75 Å². The van der Waals surface area contributed by atoms with E-state index in [-0.39, 0.29) is 5.75 Å². The van der Waals surface area contributed by atoms with Gasteiger partial charge in [-0.25, -0.2) is 0 Å². The van der Waals surface area contributed by atoms with Crippen LogP contribution in [0.15, 0.2) is 158 Å². The van der Waals surface area contributed by atoms with Crippen LogP contribution in [-0.2, 0) is 0 Å². The zero-order valence-electron chi connectivity index (χ0n) is 37.6. The largest absolute Gasteiger partial charge is 0.505 e. The van der Waals surface area contributed by atoms with Crippen molar-refractivity contribution in [3.63, 3.8) is 0 Å². The van der Waals surface area contributed by atoms with Gasteiger partial charge >= 0.3 is 0 Å². The van der Waals surface area contributed by atoms with Crippen LogP contribution in [-0.4, -0.2) is 12.2 Å². The Bertz CT molecular complexity index is 3140. The maximum Gasteiger partial charge on any atom is 0.147 e. The molecule has 0 aliphatic heterocycles. The molecular weight excluding hydrogens is 777 g/mol. The number of para-hydroxylation sites is 2. The number of rotatable bonds is 9. The molecule has 64 heavy (non-hydrogen) atoms. The lowest BCUT2D eigenvalue weighted by Crippen LogP contribution is -2.14. The van der Waals surface area contributed by atoms with Crippen LogP contribution in [0.3, 0.4) is 0 Å². The van der Waals surface area contributed by atoms with Crippen molar-refractivity contribution in [2.75, 3.05) is 16.8 Å². The second-order valence-corrected chi connectivity index (χ2v) is 18.8. The zero-order valence-corrected chi connectivity index (χ0v) is 37.6. The summed E-state index contributed by atoms with van der Waals surface area (Å²) in [4.78, 5) is 4.78. The summed E-state index contributed by atoms with van der Waals surface area (Å²) in [7, 11) is 2.26. The molecule has 0 saturated heterocycles. The van der Waals surface area contributed by atoms with Gasteiger partial charge in [-0.1, -0.05) is 148 Å². The molecule has 9 aromatic rings. The van der Waals surface area contributed by atoms with Crippen LogP contribution in [0.4, 0.5) is 28.4 Å². The zero-order chi connectivity index (χ0) is 43.3. The molecule has 3 nitrogen and oxygen atoms in total. The highest BCUT2D eigenvalue weighted by molar-refractivity contribution is 6.29. The highest BCUT2D eigenvalue weighted by Crippen LogP contribution is 2.53. The lowest BCUT2D eigenvalue weighted by Gasteiger charge is -2.33. The van der Waals surface area contributed by atoms with Crippen molar-refractivity contribution in [2.45, 2.75) is 89.9 Å². The molecule has 2 fully saturated rings. The summed E-state index contributed by atoms with van der Waals surface area (Å²) in [5, 5.41) is 20.8. The van der Waals surface area contributed by atoms with Gasteiger partial charge in [-0.2, -0.15) is 0 Å². The third-order valence-electron chi connectivity index (χ3n) is 14.9. The minimum absolute atomic E-state index is 0.278. The standard InChI is InChI=1S/C61H58N2O/c1-40-18-15-28-47(36-40)62(3)57-38-54(42-20-7-4-8-21-42)50-33-35-53-58(39-55(43-22-9-5-10-23-43)51-32-34-52(57)59(50)60(51)53)63(46-26-11-6-12-27-46)56-31-17-30-49(61(56)64)45-25-16-24-44(37-45)48-29-14-13-19-41(48)2/h6,11-19,24-39,42-43,64H,4-5,7-10,20-23H2,1-3H3. The van der Waals surface area contributed by atoms with Gasteiger partial charge < -0.3 is 14.9 Å². The van der Waals surface area contributed by atoms with Gasteiger partial charge in [0.25, 0.3) is 0 Å². The Labute approximate surface area is 379 Å². The highest BCUT2D eigenvalue weighted by Gasteiger charge is 2.29. The Morgan fingerprint density at radius 2 is 0.969 bits per heavy atom. The minimum atomic E-state index is 0.278. The quantitative estimate of drug-likeness (QED) is 0.147. The van der Waals surface area contributed by atoms with E-state index in [1.165, 1.54) is 136 Å². The van der Waals surface area contributed by atoms with Crippen molar-refractivity contribution in [3.05, 3.63) is 180 Å². The number of phenols is 1. The average molecular weight is 835 g/mol. The molecule has 0 heterocycles. The van der Waals surface area contributed by atoms with Gasteiger partial charge in [0.05, 0.1) is 11.4 Å². The Balaban J connectivity index is 1.19. The van der Waals surface area contributed by atoms with Crippen molar-refractivity contribution in [1.82, 2.24) is 0 Å². The summed E-state index contributed by atoms with van der Waals surface area (Å²) in [5.41, 5.74) is 15.0. The SMILES string of the molecule is Cc1cccc(N(C)c2cc(C3CCCCC3)c3ccc4c(N(c5ccccc5)c5cccc(-c6cccc(-c7ccccc7C)c6)c5O)cc(C5CCCCC5)c5ccc2c3c54)c1.